The van der Waals surface area contributed by atoms with Crippen LogP contribution >= 0.6 is 0 Å². The van der Waals surface area contributed by atoms with Gasteiger partial charge in [-0.25, -0.2) is 0 Å². The Balaban J connectivity index is 1.98. The largest absolute Gasteiger partial charge is 0.374 e. The molecule has 0 aliphatic carbocycles. The minimum Gasteiger partial charge on any atom is -0.374 e. The van der Waals surface area contributed by atoms with E-state index in [0.717, 1.165) is 6.54 Å². The van der Waals surface area contributed by atoms with Gasteiger partial charge in [-0.1, -0.05) is 26.2 Å². The summed E-state index contributed by atoms with van der Waals surface area (Å²) in [5, 5.41) is 3.58. The monoisotopic (exact) mass is 213 g/mol. The van der Waals surface area contributed by atoms with Crippen LogP contribution in [-0.2, 0) is 4.74 Å². The molecule has 1 fully saturated rings. The van der Waals surface area contributed by atoms with E-state index in [4.69, 9.17) is 4.74 Å². The standard InChI is InChI=1S/C13H27NO/c1-4-5-6-7-11(2)14-10-13-9-8-12(3)15-13/h11-14H,4-10H2,1-3H3. The third-order valence-electron chi connectivity index (χ3n) is 3.25. The first-order valence-electron chi connectivity index (χ1n) is 6.61. The van der Waals surface area contributed by atoms with E-state index in [9.17, 15) is 0 Å². The third-order valence-corrected chi connectivity index (χ3v) is 3.25. The molecule has 0 radical (unpaired) electrons. The van der Waals surface area contributed by atoms with Crippen molar-refractivity contribution < 1.29 is 4.74 Å². The van der Waals surface area contributed by atoms with Crippen molar-refractivity contribution in [3.05, 3.63) is 0 Å². The second-order valence-electron chi connectivity index (χ2n) is 4.95. The fraction of sp³-hybridized carbons (Fsp3) is 1.00. The lowest BCUT2D eigenvalue weighted by molar-refractivity contribution is 0.0544. The van der Waals surface area contributed by atoms with Gasteiger partial charge in [-0.2, -0.15) is 0 Å². The zero-order chi connectivity index (χ0) is 11.1. The quantitative estimate of drug-likeness (QED) is 0.656. The van der Waals surface area contributed by atoms with Crippen LogP contribution in [0.4, 0.5) is 0 Å². The van der Waals surface area contributed by atoms with Crippen molar-refractivity contribution in [3.63, 3.8) is 0 Å². The highest BCUT2D eigenvalue weighted by Gasteiger charge is 2.21. The fourth-order valence-corrected chi connectivity index (χ4v) is 2.17. The minimum atomic E-state index is 0.466. The maximum Gasteiger partial charge on any atom is 0.0704 e. The Morgan fingerprint density at radius 2 is 2.13 bits per heavy atom. The molecule has 0 amide bonds. The van der Waals surface area contributed by atoms with Crippen LogP contribution in [-0.4, -0.2) is 24.8 Å². The van der Waals surface area contributed by atoms with Gasteiger partial charge in [-0.15, -0.1) is 0 Å². The molecule has 1 rings (SSSR count). The molecule has 3 unspecified atom stereocenters. The highest BCUT2D eigenvalue weighted by atomic mass is 16.5. The van der Waals surface area contributed by atoms with Crippen molar-refractivity contribution in [1.29, 1.82) is 0 Å². The lowest BCUT2D eigenvalue weighted by Gasteiger charge is -2.17. The van der Waals surface area contributed by atoms with Crippen LogP contribution in [0.5, 0.6) is 0 Å². The Morgan fingerprint density at radius 1 is 1.33 bits per heavy atom. The van der Waals surface area contributed by atoms with Crippen molar-refractivity contribution in [2.75, 3.05) is 6.54 Å². The van der Waals surface area contributed by atoms with Crippen molar-refractivity contribution in [2.24, 2.45) is 0 Å². The van der Waals surface area contributed by atoms with E-state index in [-0.39, 0.29) is 0 Å². The van der Waals surface area contributed by atoms with Crippen LogP contribution in [0.3, 0.4) is 0 Å². The van der Waals surface area contributed by atoms with Gasteiger partial charge in [0.05, 0.1) is 12.2 Å². The molecule has 1 N–H and O–H groups in total. The molecule has 1 aliphatic rings. The summed E-state index contributed by atoms with van der Waals surface area (Å²) in [6, 6.07) is 0.649. The Labute approximate surface area is 94.8 Å². The maximum absolute atomic E-state index is 5.77. The van der Waals surface area contributed by atoms with Crippen molar-refractivity contribution in [2.45, 2.75) is 77.5 Å². The lowest BCUT2D eigenvalue weighted by Crippen LogP contribution is -2.33. The number of hydrogen-bond donors (Lipinski definition) is 1. The molecular weight excluding hydrogens is 186 g/mol. The average Bonchev–Trinajstić information content (AvgIpc) is 2.62. The summed E-state index contributed by atoms with van der Waals surface area (Å²) in [7, 11) is 0. The Morgan fingerprint density at radius 3 is 2.73 bits per heavy atom. The second kappa shape index (κ2) is 7.24. The molecule has 15 heavy (non-hydrogen) atoms. The Kier molecular flexibility index (Phi) is 6.26. The number of ether oxygens (including phenoxy) is 1. The summed E-state index contributed by atoms with van der Waals surface area (Å²) in [5.41, 5.74) is 0. The van der Waals surface area contributed by atoms with Gasteiger partial charge in [-0.05, 0) is 33.1 Å². The van der Waals surface area contributed by atoms with Gasteiger partial charge < -0.3 is 10.1 Å². The SMILES string of the molecule is CCCCCC(C)NCC1CCC(C)O1. The predicted molar refractivity (Wildman–Crippen MR) is 65.2 cm³/mol. The van der Waals surface area contributed by atoms with Crippen molar-refractivity contribution >= 4 is 0 Å². The van der Waals surface area contributed by atoms with Crippen LogP contribution < -0.4 is 5.32 Å². The molecule has 0 saturated carbocycles. The first-order valence-corrected chi connectivity index (χ1v) is 6.61. The highest BCUT2D eigenvalue weighted by molar-refractivity contribution is 4.74. The van der Waals surface area contributed by atoms with Crippen LogP contribution in [0.1, 0.15) is 59.3 Å². The van der Waals surface area contributed by atoms with E-state index >= 15 is 0 Å². The first kappa shape index (κ1) is 13.0. The maximum atomic E-state index is 5.77. The van der Waals surface area contributed by atoms with E-state index in [1.54, 1.807) is 0 Å². The van der Waals surface area contributed by atoms with Gasteiger partial charge in [0, 0.05) is 12.6 Å². The van der Waals surface area contributed by atoms with Crippen molar-refractivity contribution in [3.8, 4) is 0 Å². The molecule has 2 nitrogen and oxygen atoms in total. The smallest absolute Gasteiger partial charge is 0.0704 e. The number of rotatable bonds is 7. The van der Waals surface area contributed by atoms with Gasteiger partial charge in [0.1, 0.15) is 0 Å². The topological polar surface area (TPSA) is 21.3 Å². The molecule has 90 valence electrons. The van der Waals surface area contributed by atoms with Crippen LogP contribution in [0.15, 0.2) is 0 Å². The normalized spacial score (nSPS) is 28.2. The van der Waals surface area contributed by atoms with E-state index < -0.39 is 0 Å². The average molecular weight is 213 g/mol. The molecule has 1 saturated heterocycles. The molecule has 0 bridgehead atoms. The van der Waals surface area contributed by atoms with Crippen LogP contribution in [0.2, 0.25) is 0 Å². The molecule has 2 heteroatoms. The molecule has 3 atom stereocenters. The number of unbranched alkanes of at least 4 members (excludes halogenated alkanes) is 2. The first-order chi connectivity index (χ1) is 7.22. The molecule has 0 aromatic carbocycles. The third kappa shape index (κ3) is 5.53. The highest BCUT2D eigenvalue weighted by Crippen LogP contribution is 2.18. The van der Waals surface area contributed by atoms with Gasteiger partial charge in [0.2, 0.25) is 0 Å². The van der Waals surface area contributed by atoms with E-state index in [0.29, 0.717) is 18.2 Å². The van der Waals surface area contributed by atoms with E-state index in [1.165, 1.54) is 38.5 Å². The zero-order valence-corrected chi connectivity index (χ0v) is 10.6. The van der Waals surface area contributed by atoms with Crippen LogP contribution in [0.25, 0.3) is 0 Å². The van der Waals surface area contributed by atoms with Crippen LogP contribution in [0, 0.1) is 0 Å². The molecule has 0 aromatic heterocycles. The van der Waals surface area contributed by atoms with Gasteiger partial charge in [-0.3, -0.25) is 0 Å². The second-order valence-corrected chi connectivity index (χ2v) is 4.95. The summed E-state index contributed by atoms with van der Waals surface area (Å²) in [6.07, 6.45) is 8.74. The van der Waals surface area contributed by atoms with Gasteiger partial charge in [0.15, 0.2) is 0 Å². The Bertz CT molecular complexity index is 161. The molecular formula is C13H27NO. The fourth-order valence-electron chi connectivity index (χ4n) is 2.17. The predicted octanol–water partition coefficient (Wildman–Crippen LogP) is 3.11. The number of nitrogens with one attached hydrogen (secondary N) is 1. The summed E-state index contributed by atoms with van der Waals surface area (Å²) in [6.45, 7) is 7.75. The molecule has 0 spiro atoms. The molecule has 1 heterocycles. The van der Waals surface area contributed by atoms with E-state index in [1.807, 2.05) is 0 Å². The zero-order valence-electron chi connectivity index (χ0n) is 10.6. The summed E-state index contributed by atoms with van der Waals surface area (Å²) in [5.74, 6) is 0. The summed E-state index contributed by atoms with van der Waals surface area (Å²) in [4.78, 5) is 0. The van der Waals surface area contributed by atoms with Gasteiger partial charge >= 0.3 is 0 Å². The van der Waals surface area contributed by atoms with Gasteiger partial charge in [0.25, 0.3) is 0 Å². The lowest BCUT2D eigenvalue weighted by atomic mass is 10.1. The molecule has 1 aliphatic heterocycles. The Hall–Kier alpha value is -0.0800. The minimum absolute atomic E-state index is 0.466. The van der Waals surface area contributed by atoms with Crippen molar-refractivity contribution in [1.82, 2.24) is 5.32 Å². The summed E-state index contributed by atoms with van der Waals surface area (Å²) >= 11 is 0. The van der Waals surface area contributed by atoms with E-state index in [2.05, 4.69) is 26.1 Å². The molecule has 0 aromatic rings. The summed E-state index contributed by atoms with van der Waals surface area (Å²) < 4.78 is 5.77. The number of hydrogen-bond acceptors (Lipinski definition) is 2.